The number of hydrogen-bond acceptors (Lipinski definition) is 4. The van der Waals surface area contributed by atoms with Gasteiger partial charge in [0.25, 0.3) is 5.91 Å². The number of methoxy groups -OCH3 is 2. The Bertz CT molecular complexity index is 673. The molecular formula is C17H18FNO4. The summed E-state index contributed by atoms with van der Waals surface area (Å²) >= 11 is 0. The minimum atomic E-state index is -0.471. The molecule has 0 atom stereocenters. The molecule has 1 amide bonds. The third kappa shape index (κ3) is 4.43. The Morgan fingerprint density at radius 2 is 1.65 bits per heavy atom. The van der Waals surface area contributed by atoms with Crippen LogP contribution in [0.5, 0.6) is 11.5 Å². The van der Waals surface area contributed by atoms with Gasteiger partial charge in [-0.15, -0.1) is 0 Å². The topological polar surface area (TPSA) is 59.0 Å². The predicted octanol–water partition coefficient (Wildman–Crippen LogP) is 2.80. The standard InChI is InChI=1S/C17H18FNO4/c1-22-15-8-5-13(9-16(15)23-2)10-17(20)19(21)11-12-3-6-14(18)7-4-12/h3-9,21H,10-11H2,1-2H3. The van der Waals surface area contributed by atoms with Crippen LogP contribution in [-0.4, -0.2) is 30.4 Å². The maximum atomic E-state index is 12.8. The monoisotopic (exact) mass is 319 g/mol. The van der Waals surface area contributed by atoms with Gasteiger partial charge in [0.1, 0.15) is 5.82 Å². The highest BCUT2D eigenvalue weighted by Crippen LogP contribution is 2.27. The van der Waals surface area contributed by atoms with Crippen molar-refractivity contribution in [3.63, 3.8) is 0 Å². The first-order valence-electron chi connectivity index (χ1n) is 6.98. The van der Waals surface area contributed by atoms with Crippen LogP contribution in [0.4, 0.5) is 4.39 Å². The van der Waals surface area contributed by atoms with Crippen LogP contribution in [0.25, 0.3) is 0 Å². The molecule has 0 fully saturated rings. The Hall–Kier alpha value is -2.60. The van der Waals surface area contributed by atoms with Gasteiger partial charge in [-0.1, -0.05) is 18.2 Å². The van der Waals surface area contributed by atoms with Crippen molar-refractivity contribution in [2.24, 2.45) is 0 Å². The van der Waals surface area contributed by atoms with E-state index in [0.717, 1.165) is 0 Å². The van der Waals surface area contributed by atoms with E-state index in [1.807, 2.05) is 0 Å². The molecule has 122 valence electrons. The summed E-state index contributed by atoms with van der Waals surface area (Å²) in [6.45, 7) is -0.00754. The summed E-state index contributed by atoms with van der Waals surface area (Å²) < 4.78 is 23.1. The van der Waals surface area contributed by atoms with Crippen LogP contribution < -0.4 is 9.47 Å². The van der Waals surface area contributed by atoms with Gasteiger partial charge in [-0.25, -0.2) is 9.45 Å². The number of benzene rings is 2. The van der Waals surface area contributed by atoms with E-state index in [1.165, 1.54) is 38.5 Å². The summed E-state index contributed by atoms with van der Waals surface area (Å²) in [4.78, 5) is 12.1. The van der Waals surface area contributed by atoms with Crippen LogP contribution in [0, 0.1) is 5.82 Å². The maximum absolute atomic E-state index is 12.8. The molecule has 0 aliphatic carbocycles. The molecule has 0 spiro atoms. The number of ether oxygens (including phenoxy) is 2. The van der Waals surface area contributed by atoms with E-state index in [-0.39, 0.29) is 18.8 Å². The lowest BCUT2D eigenvalue weighted by molar-refractivity contribution is -0.167. The first-order valence-corrected chi connectivity index (χ1v) is 6.98. The molecule has 5 nitrogen and oxygen atoms in total. The Morgan fingerprint density at radius 3 is 2.26 bits per heavy atom. The number of hydrogen-bond donors (Lipinski definition) is 1. The van der Waals surface area contributed by atoms with E-state index in [1.54, 1.807) is 18.2 Å². The number of hydroxylamine groups is 2. The summed E-state index contributed by atoms with van der Waals surface area (Å²) in [5.41, 5.74) is 1.32. The second kappa shape index (κ2) is 7.60. The summed E-state index contributed by atoms with van der Waals surface area (Å²) in [5, 5.41) is 10.5. The largest absolute Gasteiger partial charge is 0.493 e. The van der Waals surface area contributed by atoms with Crippen molar-refractivity contribution < 1.29 is 23.9 Å². The van der Waals surface area contributed by atoms with Crippen LogP contribution in [-0.2, 0) is 17.8 Å². The number of halogens is 1. The van der Waals surface area contributed by atoms with Crippen molar-refractivity contribution in [2.75, 3.05) is 14.2 Å². The summed E-state index contributed by atoms with van der Waals surface area (Å²) in [6, 6.07) is 10.7. The molecule has 0 radical (unpaired) electrons. The molecule has 23 heavy (non-hydrogen) atoms. The second-order valence-electron chi connectivity index (χ2n) is 4.94. The predicted molar refractivity (Wildman–Crippen MR) is 82.0 cm³/mol. The molecule has 1 N–H and O–H groups in total. The van der Waals surface area contributed by atoms with Gasteiger partial charge in [0, 0.05) is 0 Å². The molecule has 0 aliphatic rings. The molecule has 0 saturated heterocycles. The Labute approximate surface area is 133 Å². The minimum Gasteiger partial charge on any atom is -0.493 e. The normalized spacial score (nSPS) is 10.3. The van der Waals surface area contributed by atoms with E-state index in [4.69, 9.17) is 9.47 Å². The molecule has 0 bridgehead atoms. The number of rotatable bonds is 6. The van der Waals surface area contributed by atoms with Gasteiger partial charge in [-0.2, -0.15) is 0 Å². The van der Waals surface area contributed by atoms with E-state index in [0.29, 0.717) is 27.7 Å². The highest BCUT2D eigenvalue weighted by Gasteiger charge is 2.14. The highest BCUT2D eigenvalue weighted by atomic mass is 19.1. The molecule has 2 aromatic rings. The Balaban J connectivity index is 2.01. The van der Waals surface area contributed by atoms with Crippen molar-refractivity contribution >= 4 is 5.91 Å². The van der Waals surface area contributed by atoms with E-state index in [2.05, 4.69) is 0 Å². The zero-order valence-corrected chi connectivity index (χ0v) is 13.0. The molecule has 0 unspecified atom stereocenters. The molecule has 0 heterocycles. The van der Waals surface area contributed by atoms with Gasteiger partial charge < -0.3 is 9.47 Å². The first kappa shape index (κ1) is 16.8. The summed E-state index contributed by atoms with van der Waals surface area (Å²) in [5.74, 6) is 0.244. The van der Waals surface area contributed by atoms with Crippen LogP contribution in [0.15, 0.2) is 42.5 Å². The zero-order valence-electron chi connectivity index (χ0n) is 13.0. The fourth-order valence-corrected chi connectivity index (χ4v) is 2.11. The van der Waals surface area contributed by atoms with Gasteiger partial charge >= 0.3 is 0 Å². The number of carbonyl (C=O) groups is 1. The molecule has 2 rings (SSSR count). The van der Waals surface area contributed by atoms with Crippen molar-refractivity contribution in [1.29, 1.82) is 0 Å². The molecule has 0 aromatic heterocycles. The number of nitrogens with zero attached hydrogens (tertiary/aromatic N) is 1. The second-order valence-corrected chi connectivity index (χ2v) is 4.94. The summed E-state index contributed by atoms with van der Waals surface area (Å²) in [6.07, 6.45) is 0.0120. The maximum Gasteiger partial charge on any atom is 0.250 e. The fourth-order valence-electron chi connectivity index (χ4n) is 2.11. The number of carbonyl (C=O) groups excluding carboxylic acids is 1. The minimum absolute atomic E-state index is 0.00754. The van der Waals surface area contributed by atoms with Crippen molar-refractivity contribution in [3.8, 4) is 11.5 Å². The van der Waals surface area contributed by atoms with Gasteiger partial charge in [0.05, 0.1) is 27.2 Å². The summed E-state index contributed by atoms with van der Waals surface area (Å²) in [7, 11) is 3.04. The van der Waals surface area contributed by atoms with Crippen molar-refractivity contribution in [1.82, 2.24) is 5.06 Å². The average molecular weight is 319 g/mol. The van der Waals surface area contributed by atoms with Crippen LogP contribution in [0.2, 0.25) is 0 Å². The molecular weight excluding hydrogens is 301 g/mol. The van der Waals surface area contributed by atoms with E-state index >= 15 is 0 Å². The first-order chi connectivity index (χ1) is 11.0. The van der Waals surface area contributed by atoms with Crippen LogP contribution in [0.3, 0.4) is 0 Å². The lowest BCUT2D eigenvalue weighted by atomic mass is 10.1. The number of amides is 1. The smallest absolute Gasteiger partial charge is 0.250 e. The van der Waals surface area contributed by atoms with E-state index in [9.17, 15) is 14.4 Å². The van der Waals surface area contributed by atoms with Crippen molar-refractivity contribution in [2.45, 2.75) is 13.0 Å². The third-order valence-electron chi connectivity index (χ3n) is 3.34. The third-order valence-corrected chi connectivity index (χ3v) is 3.34. The molecule has 6 heteroatoms. The van der Waals surface area contributed by atoms with Crippen LogP contribution >= 0.6 is 0 Å². The van der Waals surface area contributed by atoms with Gasteiger partial charge in [0.15, 0.2) is 11.5 Å². The average Bonchev–Trinajstić information content (AvgIpc) is 2.56. The lowest BCUT2D eigenvalue weighted by Crippen LogP contribution is -2.28. The SMILES string of the molecule is COc1ccc(CC(=O)N(O)Cc2ccc(F)cc2)cc1OC. The fraction of sp³-hybridized carbons (Fsp3) is 0.235. The van der Waals surface area contributed by atoms with Gasteiger partial charge in [0.2, 0.25) is 0 Å². The quantitative estimate of drug-likeness (QED) is 0.657. The Kier molecular flexibility index (Phi) is 5.54. The molecule has 0 saturated carbocycles. The lowest BCUT2D eigenvalue weighted by Gasteiger charge is -2.16. The van der Waals surface area contributed by atoms with Gasteiger partial charge in [-0.3, -0.25) is 10.0 Å². The zero-order chi connectivity index (χ0) is 16.8. The molecule has 2 aromatic carbocycles. The van der Waals surface area contributed by atoms with Crippen LogP contribution in [0.1, 0.15) is 11.1 Å². The highest BCUT2D eigenvalue weighted by molar-refractivity contribution is 5.77. The Morgan fingerprint density at radius 1 is 1.04 bits per heavy atom. The van der Waals surface area contributed by atoms with Gasteiger partial charge in [-0.05, 0) is 35.4 Å². The van der Waals surface area contributed by atoms with E-state index < -0.39 is 5.91 Å². The van der Waals surface area contributed by atoms with Crippen molar-refractivity contribution in [3.05, 3.63) is 59.4 Å². The molecule has 0 aliphatic heterocycles.